The van der Waals surface area contributed by atoms with Gasteiger partial charge in [-0.05, 0) is 103 Å². The number of piperidine rings is 1. The van der Waals surface area contributed by atoms with Gasteiger partial charge in [0.25, 0.3) is 11.8 Å². The van der Waals surface area contributed by atoms with Gasteiger partial charge in [-0.15, -0.1) is 10.2 Å². The molecule has 0 saturated carbocycles. The largest absolute Gasteiger partial charge is 0.423 e. The van der Waals surface area contributed by atoms with E-state index in [1.165, 1.54) is 23.1 Å². The van der Waals surface area contributed by atoms with Gasteiger partial charge < -0.3 is 24.4 Å². The minimum Gasteiger partial charge on any atom is -0.423 e. The molecule has 288 valence electrons. The van der Waals surface area contributed by atoms with E-state index in [1.807, 2.05) is 18.2 Å². The molecule has 55 heavy (non-hydrogen) atoms. The van der Waals surface area contributed by atoms with Crippen LogP contribution in [-0.4, -0.2) is 59.7 Å². The van der Waals surface area contributed by atoms with E-state index in [0.29, 0.717) is 49.3 Å². The highest BCUT2D eigenvalue weighted by Crippen LogP contribution is 2.54. The number of aromatic nitrogens is 2. The third kappa shape index (κ3) is 6.73. The van der Waals surface area contributed by atoms with Crippen LogP contribution in [0.4, 0.5) is 39.0 Å². The maximum absolute atomic E-state index is 14.9. The summed E-state index contributed by atoms with van der Waals surface area (Å²) in [6, 6.07) is 13.1. The van der Waals surface area contributed by atoms with E-state index in [-0.39, 0.29) is 61.1 Å². The Kier molecular flexibility index (Phi) is 9.00. The molecular formula is C41H41F5N6O3. The molecule has 2 saturated heterocycles. The van der Waals surface area contributed by atoms with Crippen LogP contribution >= 0.6 is 0 Å². The van der Waals surface area contributed by atoms with Crippen LogP contribution in [0.2, 0.25) is 0 Å². The second-order valence-corrected chi connectivity index (χ2v) is 15.8. The van der Waals surface area contributed by atoms with E-state index in [2.05, 4.69) is 27.0 Å². The summed E-state index contributed by atoms with van der Waals surface area (Å²) < 4.78 is 77.9. The number of carbonyl (C=O) groups is 2. The monoisotopic (exact) mass is 760 g/mol. The fourth-order valence-electron chi connectivity index (χ4n) is 9.45. The van der Waals surface area contributed by atoms with E-state index < -0.39 is 41.1 Å². The van der Waals surface area contributed by atoms with Crippen LogP contribution in [0.5, 0.6) is 0 Å². The number of hydrogen-bond acceptors (Lipinski definition) is 7. The first-order valence-electron chi connectivity index (χ1n) is 18.5. The second kappa shape index (κ2) is 13.5. The molecule has 3 atom stereocenters. The van der Waals surface area contributed by atoms with Crippen molar-refractivity contribution in [3.63, 3.8) is 0 Å². The molecule has 2 amide bonds. The van der Waals surface area contributed by atoms with Gasteiger partial charge in [-0.25, -0.2) is 22.0 Å². The first-order valence-corrected chi connectivity index (χ1v) is 18.5. The maximum Gasteiger partial charge on any atom is 0.267 e. The molecule has 0 unspecified atom stereocenters. The molecule has 3 aliphatic heterocycles. The first-order chi connectivity index (χ1) is 26.2. The third-order valence-electron chi connectivity index (χ3n) is 11.9. The van der Waals surface area contributed by atoms with Crippen LogP contribution in [0.25, 0.3) is 0 Å². The number of amides is 2. The molecular weight excluding hydrogens is 719 g/mol. The zero-order valence-corrected chi connectivity index (χ0v) is 30.6. The van der Waals surface area contributed by atoms with Gasteiger partial charge in [0, 0.05) is 51.5 Å². The van der Waals surface area contributed by atoms with Crippen molar-refractivity contribution in [3.8, 4) is 0 Å². The molecule has 8 rings (SSSR count). The molecule has 9 nitrogen and oxygen atoms in total. The molecule has 4 aliphatic rings. The van der Waals surface area contributed by atoms with Gasteiger partial charge in [0.1, 0.15) is 11.9 Å². The molecule has 1 N–H and O–H groups in total. The number of alkyl halides is 2. The molecule has 2 fully saturated rings. The zero-order chi connectivity index (χ0) is 38.9. The van der Waals surface area contributed by atoms with Crippen molar-refractivity contribution >= 4 is 28.9 Å². The lowest BCUT2D eigenvalue weighted by Crippen LogP contribution is -2.55. The van der Waals surface area contributed by atoms with Gasteiger partial charge in [-0.3, -0.25) is 9.59 Å². The van der Waals surface area contributed by atoms with Crippen molar-refractivity contribution in [2.75, 3.05) is 40.9 Å². The molecule has 1 aliphatic carbocycles. The van der Waals surface area contributed by atoms with E-state index in [9.17, 15) is 31.5 Å². The van der Waals surface area contributed by atoms with Gasteiger partial charge in [0.15, 0.2) is 11.6 Å². The number of hydrogen-bond donors (Lipinski definition) is 1. The highest BCUT2D eigenvalue weighted by Gasteiger charge is 2.56. The number of rotatable bonds is 8. The van der Waals surface area contributed by atoms with Crippen molar-refractivity contribution in [2.45, 2.75) is 81.2 Å². The van der Waals surface area contributed by atoms with Crippen LogP contribution in [0.15, 0.2) is 71.7 Å². The summed E-state index contributed by atoms with van der Waals surface area (Å²) in [5.74, 6) is -5.70. The summed E-state index contributed by atoms with van der Waals surface area (Å²) in [6.45, 7) is 7.90. The number of fused-ring (bicyclic) bond motifs is 5. The molecule has 0 bridgehead atoms. The van der Waals surface area contributed by atoms with Crippen molar-refractivity contribution in [1.82, 2.24) is 15.5 Å². The average molecular weight is 761 g/mol. The molecule has 3 aromatic carbocycles. The molecule has 1 aromatic heterocycles. The van der Waals surface area contributed by atoms with Crippen molar-refractivity contribution in [3.05, 3.63) is 113 Å². The topological polar surface area (TPSA) is 94.8 Å². The van der Waals surface area contributed by atoms with Crippen molar-refractivity contribution in [1.29, 1.82) is 0 Å². The van der Waals surface area contributed by atoms with E-state index >= 15 is 0 Å². The highest BCUT2D eigenvalue weighted by molar-refractivity contribution is 6.05. The number of nitrogens with zero attached hydrogens (tertiary/aromatic N) is 5. The Labute approximate surface area is 315 Å². The zero-order valence-electron chi connectivity index (χ0n) is 30.6. The normalized spacial score (nSPS) is 22.6. The number of nitrogens with one attached hydrogen (secondary N) is 1. The van der Waals surface area contributed by atoms with Crippen LogP contribution in [-0.2, 0) is 21.4 Å². The predicted molar refractivity (Wildman–Crippen MR) is 196 cm³/mol. The maximum atomic E-state index is 14.9. The van der Waals surface area contributed by atoms with Gasteiger partial charge in [0.2, 0.25) is 17.7 Å². The van der Waals surface area contributed by atoms with Gasteiger partial charge in [-0.2, -0.15) is 0 Å². The first kappa shape index (κ1) is 36.7. The fourth-order valence-corrected chi connectivity index (χ4v) is 9.45. The van der Waals surface area contributed by atoms with E-state index in [0.717, 1.165) is 28.9 Å². The standard InChI is InChI=1S/C41H41F5N6O3/c1-4-37(54)51-22-39(3)21-41(45,46)23-52(39)35-19-28(7-10-34(35)51)50-13-11-40(12-14-50)20-26(29-8-6-27(42)18-30(29)40)17-36(53)47-33(38-49-48-24(2)55-38)16-25-5-9-31(43)32(44)15-25/h4-10,15,18-19,26,33H,1,11-14,16-17,20-23H2,2-3H3,(H,47,53)/t26-,33-,39+/m1/s1. The van der Waals surface area contributed by atoms with Crippen LogP contribution in [0.1, 0.15) is 79.5 Å². The summed E-state index contributed by atoms with van der Waals surface area (Å²) in [7, 11) is 0. The molecule has 4 heterocycles. The lowest BCUT2D eigenvalue weighted by atomic mass is 9.73. The van der Waals surface area contributed by atoms with Crippen LogP contribution in [0.3, 0.4) is 0 Å². The smallest absolute Gasteiger partial charge is 0.267 e. The van der Waals surface area contributed by atoms with E-state index in [1.54, 1.807) is 30.9 Å². The number of carbonyl (C=O) groups excluding carboxylic acids is 2. The Bertz CT molecular complexity index is 2180. The number of aryl methyl sites for hydroxylation is 1. The Morgan fingerprint density at radius 1 is 1.00 bits per heavy atom. The third-order valence-corrected chi connectivity index (χ3v) is 11.9. The summed E-state index contributed by atoms with van der Waals surface area (Å²) in [5.41, 5.74) is 2.88. The van der Waals surface area contributed by atoms with E-state index in [4.69, 9.17) is 4.42 Å². The SMILES string of the molecule is C=CC(=O)N1C[C@]2(C)CC(F)(F)CN2c2cc(N3CCC4(CC3)C[C@@H](CC(=O)N[C@H](Cc3ccc(F)c(F)c3)c3nnc(C)o3)c3ccc(F)cc34)ccc21. The quantitative estimate of drug-likeness (QED) is 0.147. The summed E-state index contributed by atoms with van der Waals surface area (Å²) in [5, 5.41) is 10.9. The lowest BCUT2D eigenvalue weighted by Gasteiger charge is -2.47. The Hall–Kier alpha value is -5.27. The molecule has 14 heteroatoms. The predicted octanol–water partition coefficient (Wildman–Crippen LogP) is 7.45. The minimum absolute atomic E-state index is 0.0848. The number of benzene rings is 3. The number of halogens is 5. The average Bonchev–Trinajstić information content (AvgIpc) is 3.78. The summed E-state index contributed by atoms with van der Waals surface area (Å²) >= 11 is 0. The molecule has 1 spiro atoms. The number of anilines is 3. The van der Waals surface area contributed by atoms with Gasteiger partial charge in [-0.1, -0.05) is 18.7 Å². The second-order valence-electron chi connectivity index (χ2n) is 15.8. The van der Waals surface area contributed by atoms with Crippen molar-refractivity contribution in [2.24, 2.45) is 0 Å². The summed E-state index contributed by atoms with van der Waals surface area (Å²) in [4.78, 5) is 32.1. The highest BCUT2D eigenvalue weighted by atomic mass is 19.3. The van der Waals surface area contributed by atoms with Crippen molar-refractivity contribution < 1.29 is 36.0 Å². The van der Waals surface area contributed by atoms with Crippen LogP contribution in [0, 0.1) is 24.4 Å². The molecule has 4 aromatic rings. The van der Waals surface area contributed by atoms with Gasteiger partial charge >= 0.3 is 0 Å². The van der Waals surface area contributed by atoms with Gasteiger partial charge in [0.05, 0.1) is 23.5 Å². The van der Waals surface area contributed by atoms with Crippen LogP contribution < -0.4 is 20.0 Å². The summed E-state index contributed by atoms with van der Waals surface area (Å²) in [6.07, 6.45) is 2.97. The Morgan fingerprint density at radius 2 is 1.78 bits per heavy atom. The lowest BCUT2D eigenvalue weighted by molar-refractivity contribution is -0.122. The Balaban J connectivity index is 1.01. The minimum atomic E-state index is -2.90. The fraction of sp³-hybridized carbons (Fsp3) is 0.415. The Morgan fingerprint density at radius 3 is 2.49 bits per heavy atom. The molecule has 0 radical (unpaired) electrons.